The Morgan fingerprint density at radius 2 is 1.91 bits per heavy atom. The number of carbonyl (C=O) groups excluding carboxylic acids is 2. The minimum Gasteiger partial charge on any atom is -0.480 e. The van der Waals surface area contributed by atoms with Crippen molar-refractivity contribution in [1.29, 1.82) is 0 Å². The van der Waals surface area contributed by atoms with Crippen molar-refractivity contribution in [2.75, 3.05) is 13.1 Å². The predicted octanol–water partition coefficient (Wildman–Crippen LogP) is 4.15. The van der Waals surface area contributed by atoms with Crippen LogP contribution in [0, 0.1) is 0 Å². The number of aromatic nitrogens is 2. The van der Waals surface area contributed by atoms with Crippen molar-refractivity contribution in [3.63, 3.8) is 0 Å². The first-order valence-electron chi connectivity index (χ1n) is 11.2. The fourth-order valence-corrected chi connectivity index (χ4v) is 4.37. The summed E-state index contributed by atoms with van der Waals surface area (Å²) < 4.78 is 7.55. The summed E-state index contributed by atoms with van der Waals surface area (Å²) in [6.07, 6.45) is 0.194. The van der Waals surface area contributed by atoms with E-state index in [1.807, 2.05) is 56.3 Å². The Morgan fingerprint density at radius 1 is 1.18 bits per heavy atom. The highest BCUT2D eigenvalue weighted by atomic mass is 35.5. The van der Waals surface area contributed by atoms with Gasteiger partial charge in [0.1, 0.15) is 10.9 Å². The Kier molecular flexibility index (Phi) is 6.61. The van der Waals surface area contributed by atoms with E-state index in [1.165, 1.54) is 4.68 Å². The van der Waals surface area contributed by atoms with Gasteiger partial charge in [0.15, 0.2) is 6.10 Å². The van der Waals surface area contributed by atoms with Crippen LogP contribution in [0.1, 0.15) is 49.2 Å². The molecule has 0 spiro atoms. The van der Waals surface area contributed by atoms with Crippen molar-refractivity contribution >= 4 is 34.2 Å². The third-order valence-corrected chi connectivity index (χ3v) is 6.54. The summed E-state index contributed by atoms with van der Waals surface area (Å²) in [7, 11) is 1.72. The van der Waals surface area contributed by atoms with Crippen LogP contribution in [-0.4, -0.2) is 51.7 Å². The molecule has 33 heavy (non-hydrogen) atoms. The van der Waals surface area contributed by atoms with Gasteiger partial charge in [-0.3, -0.25) is 14.3 Å². The summed E-state index contributed by atoms with van der Waals surface area (Å²) in [4.78, 5) is 27.7. The Hall–Kier alpha value is -3.06. The van der Waals surface area contributed by atoms with Gasteiger partial charge in [0.25, 0.3) is 11.8 Å². The zero-order valence-corrected chi connectivity index (χ0v) is 20.1. The largest absolute Gasteiger partial charge is 0.480 e. The molecule has 1 N–H and O–H groups in total. The number of nitrogens with zero attached hydrogens (tertiary/aromatic N) is 3. The lowest BCUT2D eigenvalue weighted by molar-refractivity contribution is -0.145. The van der Waals surface area contributed by atoms with Crippen molar-refractivity contribution in [3.8, 4) is 5.75 Å². The minimum atomic E-state index is -0.630. The number of fused-ring (bicyclic) bond motifs is 1. The number of aryl methyl sites for hydroxylation is 1. The van der Waals surface area contributed by atoms with Crippen molar-refractivity contribution in [1.82, 2.24) is 20.0 Å². The number of hydrogen-bond acceptors (Lipinski definition) is 4. The minimum absolute atomic E-state index is 0.0679. The Balaban J connectivity index is 1.38. The molecule has 1 aliphatic heterocycles. The lowest BCUT2D eigenvalue weighted by Gasteiger charge is -2.42. The van der Waals surface area contributed by atoms with E-state index in [2.05, 4.69) is 10.4 Å². The van der Waals surface area contributed by atoms with Gasteiger partial charge in [-0.1, -0.05) is 61.8 Å². The summed E-state index contributed by atoms with van der Waals surface area (Å²) in [6.45, 7) is 6.71. The van der Waals surface area contributed by atoms with E-state index in [0.29, 0.717) is 35.2 Å². The summed E-state index contributed by atoms with van der Waals surface area (Å²) in [6, 6.07) is 13.7. The molecule has 2 heterocycles. The molecular formula is C25H29ClN4O3. The van der Waals surface area contributed by atoms with E-state index in [-0.39, 0.29) is 23.8 Å². The maximum Gasteiger partial charge on any atom is 0.263 e. The number of amides is 2. The van der Waals surface area contributed by atoms with Crippen LogP contribution in [0.3, 0.4) is 0 Å². The number of nitrogens with one attached hydrogen (secondary N) is 1. The van der Waals surface area contributed by atoms with Gasteiger partial charge in [0, 0.05) is 25.5 Å². The average molecular weight is 469 g/mol. The van der Waals surface area contributed by atoms with E-state index >= 15 is 0 Å². The SMILES string of the molecule is CC(Oc1cccc2ccccc12)C(=O)N1CCC1CNC(=O)c1c(C(C)C)nn(C)c1Cl. The van der Waals surface area contributed by atoms with Crippen molar-refractivity contribution in [2.45, 2.75) is 45.3 Å². The maximum atomic E-state index is 13.0. The van der Waals surface area contributed by atoms with Gasteiger partial charge in [-0.05, 0) is 30.7 Å². The molecule has 4 rings (SSSR count). The summed E-state index contributed by atoms with van der Waals surface area (Å²) in [5.41, 5.74) is 1.07. The van der Waals surface area contributed by atoms with Gasteiger partial charge in [-0.2, -0.15) is 5.10 Å². The zero-order chi connectivity index (χ0) is 23.7. The molecule has 1 aromatic heterocycles. The summed E-state index contributed by atoms with van der Waals surface area (Å²) in [5.74, 6) is 0.400. The standard InChI is InChI=1S/C25H29ClN4O3/c1-15(2)22-21(23(26)29(4)28-22)24(31)27-14-18-12-13-30(18)25(32)16(3)33-20-11-7-9-17-8-5-6-10-19(17)20/h5-11,15-16,18H,12-14H2,1-4H3,(H,27,31). The number of ether oxygens (including phenoxy) is 1. The van der Waals surface area contributed by atoms with Crippen LogP contribution in [0.4, 0.5) is 0 Å². The second-order valence-electron chi connectivity index (χ2n) is 8.75. The molecule has 8 heteroatoms. The quantitative estimate of drug-likeness (QED) is 0.565. The van der Waals surface area contributed by atoms with Gasteiger partial charge in [-0.15, -0.1) is 0 Å². The molecule has 0 radical (unpaired) electrons. The molecule has 1 fully saturated rings. The molecule has 2 atom stereocenters. The van der Waals surface area contributed by atoms with Crippen molar-refractivity contribution < 1.29 is 14.3 Å². The molecule has 0 bridgehead atoms. The molecule has 7 nitrogen and oxygen atoms in total. The zero-order valence-electron chi connectivity index (χ0n) is 19.3. The number of likely N-dealkylation sites (tertiary alicyclic amines) is 1. The monoisotopic (exact) mass is 468 g/mol. The fraction of sp³-hybridized carbons (Fsp3) is 0.400. The molecule has 2 aromatic carbocycles. The molecule has 2 unspecified atom stereocenters. The lowest BCUT2D eigenvalue weighted by Crippen LogP contribution is -2.58. The average Bonchev–Trinajstić information content (AvgIpc) is 3.08. The van der Waals surface area contributed by atoms with E-state index in [9.17, 15) is 9.59 Å². The van der Waals surface area contributed by atoms with E-state index < -0.39 is 6.10 Å². The highest BCUT2D eigenvalue weighted by molar-refractivity contribution is 6.33. The van der Waals surface area contributed by atoms with Gasteiger partial charge in [0.2, 0.25) is 0 Å². The second kappa shape index (κ2) is 9.43. The smallest absolute Gasteiger partial charge is 0.263 e. The van der Waals surface area contributed by atoms with Crippen LogP contribution >= 0.6 is 11.6 Å². The number of halogens is 1. The second-order valence-corrected chi connectivity index (χ2v) is 9.11. The molecule has 0 saturated carbocycles. The molecular weight excluding hydrogens is 440 g/mol. The van der Waals surface area contributed by atoms with Gasteiger partial charge < -0.3 is 15.0 Å². The molecule has 0 aliphatic carbocycles. The first-order chi connectivity index (χ1) is 15.8. The van der Waals surface area contributed by atoms with E-state index in [0.717, 1.165) is 17.2 Å². The highest BCUT2D eigenvalue weighted by Crippen LogP contribution is 2.28. The van der Waals surface area contributed by atoms with Crippen molar-refractivity contribution in [2.24, 2.45) is 7.05 Å². The predicted molar refractivity (Wildman–Crippen MR) is 129 cm³/mol. The van der Waals surface area contributed by atoms with Gasteiger partial charge >= 0.3 is 0 Å². The topological polar surface area (TPSA) is 76.5 Å². The van der Waals surface area contributed by atoms with E-state index in [1.54, 1.807) is 18.9 Å². The van der Waals surface area contributed by atoms with Crippen LogP contribution in [-0.2, 0) is 11.8 Å². The molecule has 2 amide bonds. The highest BCUT2D eigenvalue weighted by Gasteiger charge is 2.36. The third-order valence-electron chi connectivity index (χ3n) is 6.10. The van der Waals surface area contributed by atoms with Crippen molar-refractivity contribution in [3.05, 3.63) is 58.9 Å². The lowest BCUT2D eigenvalue weighted by atomic mass is 10.0. The first kappa shape index (κ1) is 23.1. The number of carbonyl (C=O) groups is 2. The summed E-state index contributed by atoms with van der Waals surface area (Å²) >= 11 is 6.31. The summed E-state index contributed by atoms with van der Waals surface area (Å²) in [5, 5.41) is 9.65. The Labute approximate surface area is 198 Å². The normalized spacial score (nSPS) is 16.5. The van der Waals surface area contributed by atoms with Crippen LogP contribution in [0.25, 0.3) is 10.8 Å². The van der Waals surface area contributed by atoms with Crippen LogP contribution < -0.4 is 10.1 Å². The first-order valence-corrected chi connectivity index (χ1v) is 11.6. The fourth-order valence-electron chi connectivity index (χ4n) is 4.15. The maximum absolute atomic E-state index is 13.0. The molecule has 1 aliphatic rings. The van der Waals surface area contributed by atoms with E-state index in [4.69, 9.17) is 16.3 Å². The third kappa shape index (κ3) is 4.55. The van der Waals surface area contributed by atoms with Gasteiger partial charge in [-0.25, -0.2) is 0 Å². The molecule has 174 valence electrons. The Bertz CT molecular complexity index is 1180. The van der Waals surface area contributed by atoms with Crippen LogP contribution in [0.2, 0.25) is 5.15 Å². The number of hydrogen-bond donors (Lipinski definition) is 1. The number of rotatable bonds is 7. The van der Waals surface area contributed by atoms with Gasteiger partial charge in [0.05, 0.1) is 17.3 Å². The van der Waals surface area contributed by atoms with Crippen LogP contribution in [0.5, 0.6) is 5.75 Å². The molecule has 3 aromatic rings. The van der Waals surface area contributed by atoms with Crippen LogP contribution in [0.15, 0.2) is 42.5 Å². The molecule has 1 saturated heterocycles. The Morgan fingerprint density at radius 3 is 2.61 bits per heavy atom. The number of benzene rings is 2.